The Morgan fingerprint density at radius 2 is 2.07 bits per heavy atom. The van der Waals surface area contributed by atoms with Gasteiger partial charge < -0.3 is 5.73 Å². The van der Waals surface area contributed by atoms with Gasteiger partial charge in [0.15, 0.2) is 0 Å². The first kappa shape index (κ1) is 10.4. The minimum atomic E-state index is 0.130. The van der Waals surface area contributed by atoms with Crippen molar-refractivity contribution in [2.24, 2.45) is 11.1 Å². The van der Waals surface area contributed by atoms with E-state index in [1.54, 1.807) is 0 Å². The van der Waals surface area contributed by atoms with Gasteiger partial charge in [0, 0.05) is 6.54 Å². The highest BCUT2D eigenvalue weighted by Gasteiger charge is 2.26. The van der Waals surface area contributed by atoms with Gasteiger partial charge in [0.05, 0.1) is 0 Å². The molecule has 0 heterocycles. The fraction of sp³-hybridized carbons (Fsp3) is 0.429. The van der Waals surface area contributed by atoms with Crippen molar-refractivity contribution < 1.29 is 0 Å². The quantitative estimate of drug-likeness (QED) is 0.782. The Kier molecular flexibility index (Phi) is 2.43. The fourth-order valence-corrected chi connectivity index (χ4v) is 2.10. The minimum Gasteiger partial charge on any atom is -0.330 e. The summed E-state index contributed by atoms with van der Waals surface area (Å²) in [6.45, 7) is 7.34. The van der Waals surface area contributed by atoms with Gasteiger partial charge in [-0.2, -0.15) is 0 Å². The number of benzene rings is 1. The van der Waals surface area contributed by atoms with Gasteiger partial charge in [-0.05, 0) is 35.4 Å². The lowest BCUT2D eigenvalue weighted by Gasteiger charge is -2.24. The Morgan fingerprint density at radius 3 is 2.67 bits per heavy atom. The standard InChI is InChI=1S/C14H19N/c1-10-5-4-6-11-7-12(8-13(10)11)14(2,3)9-15/h4-7H,8-9,15H2,1-3H3. The third-order valence-electron chi connectivity index (χ3n) is 3.52. The summed E-state index contributed by atoms with van der Waals surface area (Å²) < 4.78 is 0. The second-order valence-electron chi connectivity index (χ2n) is 5.08. The molecule has 2 N–H and O–H groups in total. The van der Waals surface area contributed by atoms with Crippen molar-refractivity contribution in [2.75, 3.05) is 6.54 Å². The second kappa shape index (κ2) is 3.49. The smallest absolute Gasteiger partial charge is 0.00118 e. The lowest BCUT2D eigenvalue weighted by Crippen LogP contribution is -2.25. The first-order chi connectivity index (χ1) is 7.04. The molecule has 1 aliphatic rings. The minimum absolute atomic E-state index is 0.130. The van der Waals surface area contributed by atoms with Crippen molar-refractivity contribution in [1.82, 2.24) is 0 Å². The fourth-order valence-electron chi connectivity index (χ4n) is 2.10. The van der Waals surface area contributed by atoms with Crippen LogP contribution in [-0.4, -0.2) is 6.54 Å². The molecule has 0 spiro atoms. The zero-order valence-electron chi connectivity index (χ0n) is 9.80. The molecule has 0 atom stereocenters. The van der Waals surface area contributed by atoms with Crippen molar-refractivity contribution in [3.05, 3.63) is 40.5 Å². The van der Waals surface area contributed by atoms with Crippen LogP contribution in [-0.2, 0) is 6.42 Å². The van der Waals surface area contributed by atoms with E-state index in [0.29, 0.717) is 6.54 Å². The van der Waals surface area contributed by atoms with E-state index in [-0.39, 0.29) is 5.41 Å². The number of hydrogen-bond donors (Lipinski definition) is 1. The van der Waals surface area contributed by atoms with E-state index in [2.05, 4.69) is 45.0 Å². The van der Waals surface area contributed by atoms with E-state index in [1.807, 2.05) is 0 Å². The molecule has 1 aromatic rings. The van der Waals surface area contributed by atoms with E-state index in [4.69, 9.17) is 5.73 Å². The molecule has 15 heavy (non-hydrogen) atoms. The third-order valence-corrected chi connectivity index (χ3v) is 3.52. The summed E-state index contributed by atoms with van der Waals surface area (Å²) in [4.78, 5) is 0. The topological polar surface area (TPSA) is 26.0 Å². The molecule has 2 rings (SSSR count). The van der Waals surface area contributed by atoms with Gasteiger partial charge in [0.2, 0.25) is 0 Å². The highest BCUT2D eigenvalue weighted by molar-refractivity contribution is 5.66. The molecule has 0 amide bonds. The summed E-state index contributed by atoms with van der Waals surface area (Å²) in [5.41, 5.74) is 11.7. The molecular weight excluding hydrogens is 182 g/mol. The number of nitrogens with two attached hydrogens (primary N) is 1. The van der Waals surface area contributed by atoms with Crippen molar-refractivity contribution in [2.45, 2.75) is 27.2 Å². The van der Waals surface area contributed by atoms with Crippen LogP contribution in [0.25, 0.3) is 6.08 Å². The van der Waals surface area contributed by atoms with Gasteiger partial charge in [-0.25, -0.2) is 0 Å². The van der Waals surface area contributed by atoms with Crippen LogP contribution in [0, 0.1) is 12.3 Å². The van der Waals surface area contributed by atoms with E-state index in [9.17, 15) is 0 Å². The zero-order valence-corrected chi connectivity index (χ0v) is 9.80. The van der Waals surface area contributed by atoms with Gasteiger partial charge in [-0.3, -0.25) is 0 Å². The molecule has 1 aromatic carbocycles. The Labute approximate surface area is 92.0 Å². The monoisotopic (exact) mass is 201 g/mol. The molecule has 1 nitrogen and oxygen atoms in total. The molecule has 1 aliphatic carbocycles. The summed E-state index contributed by atoms with van der Waals surface area (Å²) in [7, 11) is 0. The summed E-state index contributed by atoms with van der Waals surface area (Å²) in [6, 6.07) is 6.51. The van der Waals surface area contributed by atoms with Crippen LogP contribution >= 0.6 is 0 Å². The average molecular weight is 201 g/mol. The lowest BCUT2D eigenvalue weighted by molar-refractivity contribution is 0.456. The van der Waals surface area contributed by atoms with Crippen molar-refractivity contribution >= 4 is 6.08 Å². The Morgan fingerprint density at radius 1 is 1.33 bits per heavy atom. The summed E-state index contributed by atoms with van der Waals surface area (Å²) in [5, 5.41) is 0. The van der Waals surface area contributed by atoms with Gasteiger partial charge in [0.1, 0.15) is 0 Å². The van der Waals surface area contributed by atoms with Crippen LogP contribution in [0.2, 0.25) is 0 Å². The van der Waals surface area contributed by atoms with Crippen LogP contribution < -0.4 is 5.73 Å². The van der Waals surface area contributed by atoms with Crippen molar-refractivity contribution in [3.63, 3.8) is 0 Å². The van der Waals surface area contributed by atoms with E-state index in [0.717, 1.165) is 6.42 Å². The third kappa shape index (κ3) is 1.72. The van der Waals surface area contributed by atoms with Gasteiger partial charge >= 0.3 is 0 Å². The van der Waals surface area contributed by atoms with E-state index < -0.39 is 0 Å². The van der Waals surface area contributed by atoms with Gasteiger partial charge in [0.25, 0.3) is 0 Å². The van der Waals surface area contributed by atoms with Crippen LogP contribution in [0.1, 0.15) is 30.5 Å². The maximum Gasteiger partial charge on any atom is 0.00118 e. The highest BCUT2D eigenvalue weighted by atomic mass is 14.6. The number of rotatable bonds is 2. The second-order valence-corrected chi connectivity index (χ2v) is 5.08. The molecule has 0 bridgehead atoms. The van der Waals surface area contributed by atoms with Crippen LogP contribution in [0.15, 0.2) is 23.8 Å². The molecule has 0 aromatic heterocycles. The Balaban J connectivity index is 2.37. The average Bonchev–Trinajstić information content (AvgIpc) is 2.64. The van der Waals surface area contributed by atoms with E-state index in [1.165, 1.54) is 22.3 Å². The molecule has 1 heteroatoms. The molecule has 0 fully saturated rings. The summed E-state index contributed by atoms with van der Waals surface area (Å²) in [6.07, 6.45) is 3.39. The molecule has 0 saturated heterocycles. The van der Waals surface area contributed by atoms with Crippen LogP contribution in [0.5, 0.6) is 0 Å². The number of fused-ring (bicyclic) bond motifs is 1. The largest absolute Gasteiger partial charge is 0.330 e. The molecule has 0 radical (unpaired) electrons. The zero-order chi connectivity index (χ0) is 11.1. The van der Waals surface area contributed by atoms with Crippen molar-refractivity contribution in [3.8, 4) is 0 Å². The van der Waals surface area contributed by atoms with Crippen LogP contribution in [0.4, 0.5) is 0 Å². The first-order valence-corrected chi connectivity index (χ1v) is 5.54. The number of aryl methyl sites for hydroxylation is 1. The maximum atomic E-state index is 5.82. The molecule has 0 aliphatic heterocycles. The highest BCUT2D eigenvalue weighted by Crippen LogP contribution is 2.37. The first-order valence-electron chi connectivity index (χ1n) is 5.54. The number of hydrogen-bond acceptors (Lipinski definition) is 1. The Hall–Kier alpha value is -1.08. The SMILES string of the molecule is Cc1cccc2c1CC(C(C)(C)CN)=C2. The maximum absolute atomic E-state index is 5.82. The Bertz CT molecular complexity index is 413. The normalized spacial score (nSPS) is 15.1. The van der Waals surface area contributed by atoms with Gasteiger partial charge in [-0.15, -0.1) is 0 Å². The van der Waals surface area contributed by atoms with Gasteiger partial charge in [-0.1, -0.05) is 43.7 Å². The van der Waals surface area contributed by atoms with Crippen LogP contribution in [0.3, 0.4) is 0 Å². The molecule has 0 unspecified atom stereocenters. The van der Waals surface area contributed by atoms with E-state index >= 15 is 0 Å². The van der Waals surface area contributed by atoms with Crippen molar-refractivity contribution in [1.29, 1.82) is 0 Å². The molecule has 0 saturated carbocycles. The summed E-state index contributed by atoms with van der Waals surface area (Å²) >= 11 is 0. The predicted octanol–water partition coefficient (Wildman–Crippen LogP) is 2.92. The predicted molar refractivity (Wildman–Crippen MR) is 65.7 cm³/mol. The lowest BCUT2D eigenvalue weighted by atomic mass is 9.83. The molecule has 80 valence electrons. The molecular formula is C14H19N. The summed E-state index contributed by atoms with van der Waals surface area (Å²) in [5.74, 6) is 0.